The summed E-state index contributed by atoms with van der Waals surface area (Å²) in [6, 6.07) is -0.583. The molecule has 1 aliphatic rings. The number of likely N-dealkylation sites (tertiary alicyclic amines) is 1. The summed E-state index contributed by atoms with van der Waals surface area (Å²) in [5.74, 6) is -6.48. The van der Waals surface area contributed by atoms with Crippen molar-refractivity contribution in [2.75, 3.05) is 13.1 Å². The first-order valence-corrected chi connectivity index (χ1v) is 5.49. The molecule has 2 unspecified atom stereocenters. The number of rotatable bonds is 3. The van der Waals surface area contributed by atoms with Crippen LogP contribution in [0.1, 0.15) is 19.8 Å². The highest BCUT2D eigenvalue weighted by atomic mass is 35.5. The van der Waals surface area contributed by atoms with E-state index in [1.165, 1.54) is 0 Å². The summed E-state index contributed by atoms with van der Waals surface area (Å²) < 4.78 is 50.2. The molecule has 0 spiro atoms. The molecule has 0 aromatic carbocycles. The van der Waals surface area contributed by atoms with Gasteiger partial charge in [0.25, 0.3) is 5.91 Å². The minimum Gasteiger partial charge on any atom is -0.333 e. The van der Waals surface area contributed by atoms with Gasteiger partial charge in [0.05, 0.1) is 0 Å². The molecule has 1 saturated heterocycles. The van der Waals surface area contributed by atoms with E-state index in [1.807, 2.05) is 0 Å². The van der Waals surface area contributed by atoms with Crippen LogP contribution in [0.25, 0.3) is 0 Å². The highest BCUT2D eigenvalue weighted by Gasteiger charge is 2.52. The Balaban J connectivity index is 0.00000289. The van der Waals surface area contributed by atoms with Gasteiger partial charge in [0, 0.05) is 19.1 Å². The Hall–Kier alpha value is -0.560. The second-order valence-corrected chi connectivity index (χ2v) is 4.34. The number of carbonyl (C=O) groups is 1. The third kappa shape index (κ3) is 3.26. The number of nitrogens with two attached hydrogens (primary N) is 1. The average molecular weight is 293 g/mol. The van der Waals surface area contributed by atoms with Crippen LogP contribution in [0.4, 0.5) is 17.6 Å². The van der Waals surface area contributed by atoms with Crippen LogP contribution in [-0.2, 0) is 4.79 Å². The smallest absolute Gasteiger partial charge is 0.333 e. The molecule has 108 valence electrons. The SMILES string of the molecule is CC1CCCN(C(=O)C(F)(F)C(F)F)C1CN.Cl. The fourth-order valence-electron chi connectivity index (χ4n) is 2.15. The van der Waals surface area contributed by atoms with Crippen molar-refractivity contribution in [3.05, 3.63) is 0 Å². The van der Waals surface area contributed by atoms with E-state index in [4.69, 9.17) is 5.73 Å². The molecule has 1 aliphatic heterocycles. The summed E-state index contributed by atoms with van der Waals surface area (Å²) >= 11 is 0. The Morgan fingerprint density at radius 2 is 2.06 bits per heavy atom. The summed E-state index contributed by atoms with van der Waals surface area (Å²) in [6.07, 6.45) is -2.69. The summed E-state index contributed by atoms with van der Waals surface area (Å²) in [7, 11) is 0. The monoisotopic (exact) mass is 292 g/mol. The van der Waals surface area contributed by atoms with Gasteiger partial charge in [0.1, 0.15) is 0 Å². The standard InChI is InChI=1S/C10H16F4N2O.ClH/c1-6-3-2-4-16(7(6)5-15)9(17)10(13,14)8(11)12;/h6-8H,2-5,15H2,1H3;1H. The van der Waals surface area contributed by atoms with Crippen molar-refractivity contribution < 1.29 is 22.4 Å². The quantitative estimate of drug-likeness (QED) is 0.808. The van der Waals surface area contributed by atoms with E-state index in [-0.39, 0.29) is 31.4 Å². The lowest BCUT2D eigenvalue weighted by molar-refractivity contribution is -0.185. The average Bonchev–Trinajstić information content (AvgIpc) is 2.27. The maximum atomic E-state index is 13.0. The van der Waals surface area contributed by atoms with Crippen molar-refractivity contribution in [2.24, 2.45) is 11.7 Å². The van der Waals surface area contributed by atoms with E-state index in [0.717, 1.165) is 11.3 Å². The number of hydrogen-bond donors (Lipinski definition) is 1. The van der Waals surface area contributed by atoms with Gasteiger partial charge in [0.15, 0.2) is 0 Å². The molecule has 8 heteroatoms. The zero-order valence-electron chi connectivity index (χ0n) is 9.91. The number of nitrogens with zero attached hydrogens (tertiary/aromatic N) is 1. The molecule has 1 fully saturated rings. The largest absolute Gasteiger partial charge is 0.383 e. The van der Waals surface area contributed by atoms with Crippen molar-refractivity contribution >= 4 is 18.3 Å². The normalized spacial score (nSPS) is 24.9. The Bertz CT molecular complexity index is 291. The van der Waals surface area contributed by atoms with E-state index in [9.17, 15) is 22.4 Å². The molecule has 1 heterocycles. The van der Waals surface area contributed by atoms with Crippen LogP contribution in [0.5, 0.6) is 0 Å². The van der Waals surface area contributed by atoms with Gasteiger partial charge in [-0.3, -0.25) is 4.79 Å². The maximum Gasteiger partial charge on any atom is 0.383 e. The number of hydrogen-bond acceptors (Lipinski definition) is 2. The second kappa shape index (κ2) is 6.56. The molecule has 0 aliphatic carbocycles. The van der Waals surface area contributed by atoms with Gasteiger partial charge in [-0.25, -0.2) is 8.78 Å². The van der Waals surface area contributed by atoms with E-state index in [0.29, 0.717) is 6.42 Å². The van der Waals surface area contributed by atoms with Crippen molar-refractivity contribution in [2.45, 2.75) is 38.2 Å². The highest BCUT2D eigenvalue weighted by molar-refractivity contribution is 5.85. The lowest BCUT2D eigenvalue weighted by atomic mass is 9.90. The molecule has 0 saturated carbocycles. The van der Waals surface area contributed by atoms with Crippen molar-refractivity contribution in [1.82, 2.24) is 4.90 Å². The van der Waals surface area contributed by atoms with Crippen LogP contribution in [0.2, 0.25) is 0 Å². The Kier molecular flexibility index (Phi) is 6.36. The number of carbonyl (C=O) groups excluding carboxylic acids is 1. The van der Waals surface area contributed by atoms with Gasteiger partial charge in [-0.1, -0.05) is 6.92 Å². The summed E-state index contributed by atoms with van der Waals surface area (Å²) in [6.45, 7) is 1.84. The lowest BCUT2D eigenvalue weighted by Gasteiger charge is -2.40. The predicted octanol–water partition coefficient (Wildman–Crippen LogP) is 1.89. The molecule has 0 aromatic heterocycles. The van der Waals surface area contributed by atoms with Crippen LogP contribution in [0.3, 0.4) is 0 Å². The Labute approximate surface area is 109 Å². The minimum absolute atomic E-state index is 0. The molecule has 2 atom stereocenters. The Morgan fingerprint density at radius 1 is 1.50 bits per heavy atom. The molecular weight excluding hydrogens is 276 g/mol. The summed E-state index contributed by atoms with van der Waals surface area (Å²) in [5, 5.41) is 0. The zero-order chi connectivity index (χ0) is 13.2. The molecular formula is C10H17ClF4N2O. The van der Waals surface area contributed by atoms with Crippen LogP contribution in [-0.4, -0.2) is 42.3 Å². The fourth-order valence-corrected chi connectivity index (χ4v) is 2.15. The molecule has 0 aromatic rings. The predicted molar refractivity (Wildman–Crippen MR) is 61.2 cm³/mol. The number of amides is 1. The topological polar surface area (TPSA) is 46.3 Å². The van der Waals surface area contributed by atoms with Gasteiger partial charge in [-0.15, -0.1) is 12.4 Å². The van der Waals surface area contributed by atoms with Crippen LogP contribution < -0.4 is 5.73 Å². The van der Waals surface area contributed by atoms with Gasteiger partial charge in [-0.05, 0) is 18.8 Å². The van der Waals surface area contributed by atoms with E-state index in [2.05, 4.69) is 0 Å². The third-order valence-corrected chi connectivity index (χ3v) is 3.18. The molecule has 2 N–H and O–H groups in total. The maximum absolute atomic E-state index is 13.0. The fraction of sp³-hybridized carbons (Fsp3) is 0.900. The van der Waals surface area contributed by atoms with Gasteiger partial charge >= 0.3 is 12.3 Å². The lowest BCUT2D eigenvalue weighted by Crippen LogP contribution is -2.57. The van der Waals surface area contributed by atoms with E-state index in [1.54, 1.807) is 6.92 Å². The van der Waals surface area contributed by atoms with Gasteiger partial charge < -0.3 is 10.6 Å². The molecule has 0 radical (unpaired) electrons. The minimum atomic E-state index is -4.62. The van der Waals surface area contributed by atoms with Crippen LogP contribution >= 0.6 is 12.4 Å². The first-order chi connectivity index (χ1) is 7.82. The number of alkyl halides is 4. The summed E-state index contributed by atoms with van der Waals surface area (Å²) in [4.78, 5) is 12.2. The van der Waals surface area contributed by atoms with Crippen molar-refractivity contribution in [3.63, 3.8) is 0 Å². The van der Waals surface area contributed by atoms with Gasteiger partial charge in [0.2, 0.25) is 0 Å². The van der Waals surface area contributed by atoms with Crippen LogP contribution in [0, 0.1) is 5.92 Å². The first-order valence-electron chi connectivity index (χ1n) is 5.49. The van der Waals surface area contributed by atoms with Crippen LogP contribution in [0.15, 0.2) is 0 Å². The number of piperidine rings is 1. The molecule has 1 amide bonds. The van der Waals surface area contributed by atoms with E-state index < -0.39 is 24.3 Å². The highest BCUT2D eigenvalue weighted by Crippen LogP contribution is 2.30. The number of halogens is 5. The Morgan fingerprint density at radius 3 is 2.50 bits per heavy atom. The summed E-state index contributed by atoms with van der Waals surface area (Å²) in [5.41, 5.74) is 5.41. The van der Waals surface area contributed by atoms with Gasteiger partial charge in [-0.2, -0.15) is 8.78 Å². The zero-order valence-corrected chi connectivity index (χ0v) is 10.7. The molecule has 18 heavy (non-hydrogen) atoms. The first kappa shape index (κ1) is 17.4. The van der Waals surface area contributed by atoms with Crippen molar-refractivity contribution in [1.29, 1.82) is 0 Å². The van der Waals surface area contributed by atoms with E-state index >= 15 is 0 Å². The molecule has 0 bridgehead atoms. The second-order valence-electron chi connectivity index (χ2n) is 4.34. The molecule has 3 nitrogen and oxygen atoms in total. The third-order valence-electron chi connectivity index (χ3n) is 3.18. The molecule has 1 rings (SSSR count). The van der Waals surface area contributed by atoms with Crippen molar-refractivity contribution in [3.8, 4) is 0 Å².